The summed E-state index contributed by atoms with van der Waals surface area (Å²) in [6.45, 7) is 0.0381. The van der Waals surface area contributed by atoms with Crippen molar-refractivity contribution in [1.29, 1.82) is 5.26 Å². The van der Waals surface area contributed by atoms with Gasteiger partial charge in [-0.3, -0.25) is 0 Å². The van der Waals surface area contributed by atoms with Gasteiger partial charge in [0.2, 0.25) is 5.88 Å². The molecule has 0 aliphatic carbocycles. The number of rotatable bonds is 4. The molecule has 29 heavy (non-hydrogen) atoms. The molecule has 6 heteroatoms. The zero-order chi connectivity index (χ0) is 20.4. The van der Waals surface area contributed by atoms with Crippen LogP contribution in [0.1, 0.15) is 22.6 Å². The van der Waals surface area contributed by atoms with Gasteiger partial charge in [-0.2, -0.15) is 5.26 Å². The molecule has 0 radical (unpaired) electrons. The molecule has 4 rings (SSSR count). The van der Waals surface area contributed by atoms with Crippen molar-refractivity contribution in [3.8, 4) is 23.3 Å². The minimum absolute atomic E-state index is 0.0276. The van der Waals surface area contributed by atoms with E-state index < -0.39 is 5.92 Å². The molecule has 1 heterocycles. The van der Waals surface area contributed by atoms with Crippen molar-refractivity contribution in [2.45, 2.75) is 12.5 Å². The van der Waals surface area contributed by atoms with Crippen LogP contribution in [0.4, 0.5) is 4.39 Å². The predicted octanol–water partition coefficient (Wildman–Crippen LogP) is 4.33. The summed E-state index contributed by atoms with van der Waals surface area (Å²) < 4.78 is 25.4. The average molecular weight is 388 g/mol. The van der Waals surface area contributed by atoms with E-state index in [2.05, 4.69) is 6.07 Å². The molecule has 0 saturated carbocycles. The first-order valence-electron chi connectivity index (χ1n) is 8.94. The van der Waals surface area contributed by atoms with Crippen molar-refractivity contribution in [1.82, 2.24) is 0 Å². The number of hydrogen-bond acceptors (Lipinski definition) is 5. The summed E-state index contributed by atoms with van der Waals surface area (Å²) >= 11 is 0. The van der Waals surface area contributed by atoms with Gasteiger partial charge in [-0.1, -0.05) is 42.5 Å². The largest absolute Gasteiger partial charge is 0.508 e. The number of halogens is 1. The van der Waals surface area contributed by atoms with E-state index in [0.717, 1.165) is 0 Å². The van der Waals surface area contributed by atoms with Crippen molar-refractivity contribution >= 4 is 0 Å². The van der Waals surface area contributed by atoms with E-state index in [4.69, 9.17) is 15.2 Å². The number of phenols is 1. The van der Waals surface area contributed by atoms with Gasteiger partial charge in [0, 0.05) is 22.8 Å². The van der Waals surface area contributed by atoms with Crippen molar-refractivity contribution in [2.24, 2.45) is 5.73 Å². The highest BCUT2D eigenvalue weighted by atomic mass is 19.1. The molecule has 0 saturated heterocycles. The summed E-state index contributed by atoms with van der Waals surface area (Å²) in [4.78, 5) is 0. The van der Waals surface area contributed by atoms with E-state index in [1.807, 2.05) is 12.1 Å². The lowest BCUT2D eigenvalue weighted by Gasteiger charge is -2.27. The second-order valence-corrected chi connectivity index (χ2v) is 6.56. The van der Waals surface area contributed by atoms with Crippen molar-refractivity contribution in [3.63, 3.8) is 0 Å². The molecule has 3 N–H and O–H groups in total. The first-order valence-corrected chi connectivity index (χ1v) is 8.94. The Bertz CT molecular complexity index is 1150. The third kappa shape index (κ3) is 3.46. The molecule has 0 spiro atoms. The molecule has 0 fully saturated rings. The fourth-order valence-corrected chi connectivity index (χ4v) is 3.39. The normalized spacial score (nSPS) is 15.2. The van der Waals surface area contributed by atoms with Crippen molar-refractivity contribution in [3.05, 3.63) is 101 Å². The number of nitrogens with zero attached hydrogens (tertiary/aromatic N) is 1. The van der Waals surface area contributed by atoms with Gasteiger partial charge in [0.05, 0.1) is 5.92 Å². The van der Waals surface area contributed by atoms with E-state index in [9.17, 15) is 14.8 Å². The number of aromatic hydroxyl groups is 1. The Morgan fingerprint density at radius 2 is 1.83 bits per heavy atom. The number of ether oxygens (including phenoxy) is 2. The SMILES string of the molecule is N#CC1=C(N)Oc2cc(O)ccc2[C@@H]1c1ccccc1OCc1ccccc1F. The number of hydrogen-bond donors (Lipinski definition) is 2. The van der Waals surface area contributed by atoms with Gasteiger partial charge in [-0.05, 0) is 18.2 Å². The van der Waals surface area contributed by atoms with E-state index in [-0.39, 0.29) is 29.6 Å². The summed E-state index contributed by atoms with van der Waals surface area (Å²) in [6.07, 6.45) is 0. The van der Waals surface area contributed by atoms with Crippen LogP contribution < -0.4 is 15.2 Å². The van der Waals surface area contributed by atoms with Crippen LogP contribution in [-0.4, -0.2) is 5.11 Å². The molecule has 0 aromatic heterocycles. The van der Waals surface area contributed by atoms with Gasteiger partial charge in [-0.15, -0.1) is 0 Å². The van der Waals surface area contributed by atoms with Crippen LogP contribution in [-0.2, 0) is 6.61 Å². The highest BCUT2D eigenvalue weighted by Crippen LogP contribution is 2.45. The quantitative estimate of drug-likeness (QED) is 0.695. The van der Waals surface area contributed by atoms with Gasteiger partial charge in [0.1, 0.15) is 41.3 Å². The number of benzene rings is 3. The first kappa shape index (κ1) is 18.4. The molecule has 1 aliphatic heterocycles. The van der Waals surface area contributed by atoms with E-state index >= 15 is 0 Å². The fourth-order valence-electron chi connectivity index (χ4n) is 3.39. The number of phenolic OH excluding ortho intramolecular Hbond substituents is 1. The Morgan fingerprint density at radius 1 is 1.07 bits per heavy atom. The Labute approximate surface area is 167 Å². The molecule has 3 aromatic rings. The van der Waals surface area contributed by atoms with E-state index in [1.165, 1.54) is 18.2 Å². The van der Waals surface area contributed by atoms with E-state index in [1.54, 1.807) is 36.4 Å². The average Bonchev–Trinajstić information content (AvgIpc) is 2.72. The molecule has 0 bridgehead atoms. The third-order valence-electron chi connectivity index (χ3n) is 4.77. The fraction of sp³-hybridized carbons (Fsp3) is 0.0870. The Balaban J connectivity index is 1.77. The molecular weight excluding hydrogens is 371 g/mol. The van der Waals surface area contributed by atoms with Crippen LogP contribution in [0.5, 0.6) is 17.2 Å². The van der Waals surface area contributed by atoms with Crippen molar-refractivity contribution < 1.29 is 19.0 Å². The number of fused-ring (bicyclic) bond motifs is 1. The van der Waals surface area contributed by atoms with Gasteiger partial charge >= 0.3 is 0 Å². The second kappa shape index (κ2) is 7.56. The number of nitrogens with two attached hydrogens (primary N) is 1. The number of para-hydroxylation sites is 1. The summed E-state index contributed by atoms with van der Waals surface area (Å²) in [5, 5.41) is 19.5. The second-order valence-electron chi connectivity index (χ2n) is 6.56. The maximum Gasteiger partial charge on any atom is 0.205 e. The zero-order valence-corrected chi connectivity index (χ0v) is 15.3. The molecule has 1 aliphatic rings. The lowest BCUT2D eigenvalue weighted by Crippen LogP contribution is -2.21. The molecular formula is C23H17FN2O3. The van der Waals surface area contributed by atoms with Gasteiger partial charge in [0.15, 0.2) is 0 Å². The predicted molar refractivity (Wildman–Crippen MR) is 105 cm³/mol. The topological polar surface area (TPSA) is 88.5 Å². The third-order valence-corrected chi connectivity index (χ3v) is 4.77. The van der Waals surface area contributed by atoms with Crippen LogP contribution in [0.2, 0.25) is 0 Å². The molecule has 1 atom stereocenters. The number of nitriles is 1. The van der Waals surface area contributed by atoms with E-state index in [0.29, 0.717) is 28.2 Å². The van der Waals surface area contributed by atoms with Gasteiger partial charge in [-0.25, -0.2) is 4.39 Å². The van der Waals surface area contributed by atoms with Crippen molar-refractivity contribution in [2.75, 3.05) is 0 Å². The molecule has 0 unspecified atom stereocenters. The van der Waals surface area contributed by atoms with Crippen LogP contribution in [0.3, 0.4) is 0 Å². The Hall–Kier alpha value is -3.98. The minimum atomic E-state index is -0.541. The van der Waals surface area contributed by atoms with Crippen LogP contribution >= 0.6 is 0 Å². The van der Waals surface area contributed by atoms with Crippen LogP contribution in [0, 0.1) is 17.1 Å². The summed E-state index contributed by atoms with van der Waals surface area (Å²) in [5.41, 5.74) is 8.02. The molecule has 0 amide bonds. The zero-order valence-electron chi connectivity index (χ0n) is 15.3. The summed E-state index contributed by atoms with van der Waals surface area (Å²) in [6, 6.07) is 20.4. The monoisotopic (exact) mass is 388 g/mol. The first-order chi connectivity index (χ1) is 14.1. The molecule has 144 valence electrons. The lowest BCUT2D eigenvalue weighted by molar-refractivity contribution is 0.295. The highest BCUT2D eigenvalue weighted by Gasteiger charge is 2.32. The molecule has 3 aromatic carbocycles. The van der Waals surface area contributed by atoms with Crippen LogP contribution in [0.15, 0.2) is 78.2 Å². The maximum absolute atomic E-state index is 14.0. The summed E-state index contributed by atoms with van der Waals surface area (Å²) in [7, 11) is 0. The van der Waals surface area contributed by atoms with Gasteiger partial charge < -0.3 is 20.3 Å². The minimum Gasteiger partial charge on any atom is -0.508 e. The summed E-state index contributed by atoms with van der Waals surface area (Å²) in [5.74, 6) is -0.0168. The standard InChI is InChI=1S/C23H17FN2O3/c24-19-7-3-1-5-14(19)13-28-20-8-4-2-6-16(20)22-17-10-9-15(27)11-21(17)29-23(26)18(22)12-25/h1-11,22,27H,13,26H2/t22-/m0/s1. The number of allylic oxidation sites excluding steroid dienone is 1. The molecule has 5 nitrogen and oxygen atoms in total. The Kier molecular flexibility index (Phi) is 4.80. The highest BCUT2D eigenvalue weighted by molar-refractivity contribution is 5.59. The van der Waals surface area contributed by atoms with Crippen LogP contribution in [0.25, 0.3) is 0 Å². The smallest absolute Gasteiger partial charge is 0.205 e. The lowest BCUT2D eigenvalue weighted by atomic mass is 9.83. The van der Waals surface area contributed by atoms with Gasteiger partial charge in [0.25, 0.3) is 0 Å². The Morgan fingerprint density at radius 3 is 2.62 bits per heavy atom. The maximum atomic E-state index is 14.0.